The molecule has 0 unspecified atom stereocenters. The fraction of sp³-hybridized carbons (Fsp3) is 0. The summed E-state index contributed by atoms with van der Waals surface area (Å²) in [7, 11) is 0. The molecule has 0 saturated carbocycles. The first kappa shape index (κ1) is 11.4. The van der Waals surface area contributed by atoms with Crippen molar-refractivity contribution < 1.29 is 0 Å². The van der Waals surface area contributed by atoms with Crippen molar-refractivity contribution in [1.29, 1.82) is 0 Å². The Morgan fingerprint density at radius 3 is 2.41 bits per heavy atom. The minimum absolute atomic E-state index is 0.311. The molecule has 8 nitrogen and oxygen atoms in total. The van der Waals surface area contributed by atoms with E-state index in [4.69, 9.17) is 17.3 Å². The van der Waals surface area contributed by atoms with Crippen LogP contribution in [0.1, 0.15) is 0 Å². The Labute approximate surface area is 101 Å². The Balaban J connectivity index is 2.24. The van der Waals surface area contributed by atoms with Crippen LogP contribution >= 0.6 is 11.8 Å². The normalized spacial score (nSPS) is 10.2. The van der Waals surface area contributed by atoms with Gasteiger partial charge in [0.15, 0.2) is 5.16 Å². The number of nitrogens with two attached hydrogens (primary N) is 3. The summed E-state index contributed by atoms with van der Waals surface area (Å²) in [6.07, 6.45) is 1.38. The maximum Gasteiger partial charge on any atom is 0.197 e. The molecular formula is C8H10N8S. The van der Waals surface area contributed by atoms with Crippen LogP contribution < -0.4 is 22.7 Å². The minimum Gasteiger partial charge on any atom is -0.383 e. The van der Waals surface area contributed by atoms with Crippen molar-refractivity contribution in [1.82, 2.24) is 19.9 Å². The van der Waals surface area contributed by atoms with E-state index in [9.17, 15) is 0 Å². The molecule has 7 N–H and O–H groups in total. The Kier molecular flexibility index (Phi) is 3.21. The van der Waals surface area contributed by atoms with Gasteiger partial charge in [-0.3, -0.25) is 0 Å². The molecule has 2 aromatic heterocycles. The molecule has 0 atom stereocenters. The summed E-state index contributed by atoms with van der Waals surface area (Å²) in [4.78, 5) is 16.0. The number of hydrogen-bond donors (Lipinski definition) is 4. The van der Waals surface area contributed by atoms with E-state index in [1.807, 2.05) is 0 Å². The first-order valence-electron chi connectivity index (χ1n) is 4.54. The van der Waals surface area contributed by atoms with E-state index in [0.717, 1.165) is 0 Å². The predicted octanol–water partition coefficient (Wildman–Crippen LogP) is -0.132. The zero-order chi connectivity index (χ0) is 12.3. The average molecular weight is 250 g/mol. The lowest BCUT2D eigenvalue weighted by atomic mass is 10.5. The highest BCUT2D eigenvalue weighted by atomic mass is 32.2. The van der Waals surface area contributed by atoms with Crippen LogP contribution in [-0.4, -0.2) is 19.9 Å². The molecule has 0 aliphatic rings. The highest BCUT2D eigenvalue weighted by molar-refractivity contribution is 7.99. The van der Waals surface area contributed by atoms with Crippen molar-refractivity contribution >= 4 is 29.2 Å². The molecule has 0 saturated heterocycles. The number of nitrogen functional groups attached to an aromatic ring is 3. The second-order valence-electron chi connectivity index (χ2n) is 2.99. The molecule has 0 amide bonds. The van der Waals surface area contributed by atoms with E-state index in [0.29, 0.717) is 27.6 Å². The maximum absolute atomic E-state index is 5.56. The molecule has 0 aliphatic carbocycles. The molecule has 0 bridgehead atoms. The van der Waals surface area contributed by atoms with Gasteiger partial charge < -0.3 is 16.9 Å². The maximum atomic E-state index is 5.56. The fourth-order valence-corrected chi connectivity index (χ4v) is 1.83. The standard InChI is InChI=1S/C8H10N8S/c9-4-1-5(10)15-8(14-4)17-7-2-6(16-11)12-3-13-7/h1-3H,11H2,(H,12,13,16)(H4,9,10,14,15). The van der Waals surface area contributed by atoms with Crippen molar-refractivity contribution in [3.05, 3.63) is 18.5 Å². The summed E-state index contributed by atoms with van der Waals surface area (Å²) >= 11 is 1.22. The number of aromatic nitrogens is 4. The predicted molar refractivity (Wildman–Crippen MR) is 64.8 cm³/mol. The lowest BCUT2D eigenvalue weighted by Crippen LogP contribution is -2.08. The molecule has 9 heteroatoms. The van der Waals surface area contributed by atoms with Crippen LogP contribution in [0.4, 0.5) is 17.5 Å². The lowest BCUT2D eigenvalue weighted by molar-refractivity contribution is 0.969. The van der Waals surface area contributed by atoms with Crippen molar-refractivity contribution in [3.63, 3.8) is 0 Å². The zero-order valence-electron chi connectivity index (χ0n) is 8.66. The lowest BCUT2D eigenvalue weighted by Gasteiger charge is -2.03. The third-order valence-corrected chi connectivity index (χ3v) is 2.53. The number of hydrogen-bond acceptors (Lipinski definition) is 9. The summed E-state index contributed by atoms with van der Waals surface area (Å²) < 4.78 is 0. The topological polar surface area (TPSA) is 142 Å². The molecule has 2 rings (SSSR count). The van der Waals surface area contributed by atoms with Crippen LogP contribution in [0.3, 0.4) is 0 Å². The highest BCUT2D eigenvalue weighted by Gasteiger charge is 2.05. The largest absolute Gasteiger partial charge is 0.383 e. The van der Waals surface area contributed by atoms with E-state index in [2.05, 4.69) is 25.4 Å². The molecule has 0 fully saturated rings. The quantitative estimate of drug-likeness (QED) is 0.253. The Morgan fingerprint density at radius 2 is 1.76 bits per heavy atom. The number of rotatable bonds is 3. The minimum atomic E-state index is 0.311. The number of nitrogens with one attached hydrogen (secondary N) is 1. The van der Waals surface area contributed by atoms with Crippen LogP contribution in [0.5, 0.6) is 0 Å². The van der Waals surface area contributed by atoms with E-state index in [1.54, 1.807) is 6.07 Å². The van der Waals surface area contributed by atoms with Crippen molar-refractivity contribution in [2.24, 2.45) is 5.84 Å². The molecule has 17 heavy (non-hydrogen) atoms. The number of nitrogens with zero attached hydrogens (tertiary/aromatic N) is 4. The third-order valence-electron chi connectivity index (χ3n) is 1.73. The van der Waals surface area contributed by atoms with Gasteiger partial charge in [0.2, 0.25) is 0 Å². The van der Waals surface area contributed by atoms with Crippen molar-refractivity contribution in [2.75, 3.05) is 16.9 Å². The number of anilines is 3. The summed E-state index contributed by atoms with van der Waals surface area (Å²) in [5.74, 6) is 6.36. The monoisotopic (exact) mass is 250 g/mol. The van der Waals surface area contributed by atoms with E-state index >= 15 is 0 Å². The zero-order valence-corrected chi connectivity index (χ0v) is 9.48. The van der Waals surface area contributed by atoms with Crippen LogP contribution in [0.2, 0.25) is 0 Å². The van der Waals surface area contributed by atoms with E-state index < -0.39 is 0 Å². The molecular weight excluding hydrogens is 240 g/mol. The molecule has 0 aliphatic heterocycles. The third kappa shape index (κ3) is 2.92. The van der Waals surface area contributed by atoms with Gasteiger partial charge in [0.05, 0.1) is 0 Å². The Morgan fingerprint density at radius 1 is 1.06 bits per heavy atom. The first-order chi connectivity index (χ1) is 8.17. The average Bonchev–Trinajstić information content (AvgIpc) is 2.28. The Bertz CT molecular complexity index is 510. The summed E-state index contributed by atoms with van der Waals surface area (Å²) in [5, 5.41) is 1.06. The van der Waals surface area contributed by atoms with Crippen LogP contribution in [-0.2, 0) is 0 Å². The van der Waals surface area contributed by atoms with E-state index in [1.165, 1.54) is 24.2 Å². The van der Waals surface area contributed by atoms with Crippen LogP contribution in [0.15, 0.2) is 28.6 Å². The van der Waals surface area contributed by atoms with Crippen LogP contribution in [0.25, 0.3) is 0 Å². The first-order valence-corrected chi connectivity index (χ1v) is 5.35. The van der Waals surface area contributed by atoms with Gasteiger partial charge in [-0.2, -0.15) is 0 Å². The van der Waals surface area contributed by atoms with Crippen molar-refractivity contribution in [3.8, 4) is 0 Å². The molecule has 2 heterocycles. The van der Waals surface area contributed by atoms with Gasteiger partial charge in [0.25, 0.3) is 0 Å². The van der Waals surface area contributed by atoms with Gasteiger partial charge in [-0.05, 0) is 11.8 Å². The SMILES string of the molecule is NNc1cc(Sc2nc(N)cc(N)n2)ncn1. The second kappa shape index (κ2) is 4.80. The van der Waals surface area contributed by atoms with Gasteiger partial charge in [0, 0.05) is 12.1 Å². The molecule has 0 spiro atoms. The summed E-state index contributed by atoms with van der Waals surface area (Å²) in [5.41, 5.74) is 13.5. The van der Waals surface area contributed by atoms with Crippen LogP contribution in [0, 0.1) is 0 Å². The fourth-order valence-electron chi connectivity index (χ4n) is 1.08. The molecule has 0 radical (unpaired) electrons. The second-order valence-corrected chi connectivity index (χ2v) is 3.98. The van der Waals surface area contributed by atoms with Gasteiger partial charge in [0.1, 0.15) is 28.8 Å². The summed E-state index contributed by atoms with van der Waals surface area (Å²) in [6, 6.07) is 3.14. The van der Waals surface area contributed by atoms with Gasteiger partial charge in [-0.1, -0.05) is 0 Å². The smallest absolute Gasteiger partial charge is 0.197 e. The summed E-state index contributed by atoms with van der Waals surface area (Å²) in [6.45, 7) is 0. The van der Waals surface area contributed by atoms with Crippen molar-refractivity contribution in [2.45, 2.75) is 10.2 Å². The van der Waals surface area contributed by atoms with E-state index in [-0.39, 0.29) is 0 Å². The van der Waals surface area contributed by atoms with Gasteiger partial charge in [-0.15, -0.1) is 0 Å². The molecule has 0 aromatic carbocycles. The van der Waals surface area contributed by atoms with Gasteiger partial charge in [-0.25, -0.2) is 25.8 Å². The van der Waals surface area contributed by atoms with Gasteiger partial charge >= 0.3 is 0 Å². The number of hydrazine groups is 1. The Hall–Kier alpha value is -2.13. The molecule has 2 aromatic rings. The highest BCUT2D eigenvalue weighted by Crippen LogP contribution is 2.24. The molecule has 88 valence electrons.